The summed E-state index contributed by atoms with van der Waals surface area (Å²) in [6, 6.07) is 7.59. The average molecular weight is 310 g/mol. The molecule has 0 atom stereocenters. The van der Waals surface area contributed by atoms with Crippen LogP contribution in [-0.4, -0.2) is 10.9 Å². The molecule has 1 heterocycles. The van der Waals surface area contributed by atoms with Gasteiger partial charge >= 0.3 is 0 Å². The highest BCUT2D eigenvalue weighted by molar-refractivity contribution is 9.10. The predicted octanol–water partition coefficient (Wildman–Crippen LogP) is 2.82. The number of hydrogen-bond acceptors (Lipinski definition) is 3. The maximum absolute atomic E-state index is 12.6. The fourth-order valence-electron chi connectivity index (χ4n) is 1.37. The SMILES string of the molecule is Nc1cccc(C(=O)Nc2ccc(F)nc2)c1Br. The van der Waals surface area contributed by atoms with Crippen molar-refractivity contribution in [2.75, 3.05) is 11.1 Å². The summed E-state index contributed by atoms with van der Waals surface area (Å²) in [7, 11) is 0. The van der Waals surface area contributed by atoms with E-state index < -0.39 is 5.95 Å². The van der Waals surface area contributed by atoms with E-state index in [-0.39, 0.29) is 5.91 Å². The van der Waals surface area contributed by atoms with E-state index in [2.05, 4.69) is 26.2 Å². The highest BCUT2D eigenvalue weighted by atomic mass is 79.9. The third kappa shape index (κ3) is 2.65. The summed E-state index contributed by atoms with van der Waals surface area (Å²) in [5.41, 5.74) is 6.97. The second kappa shape index (κ2) is 5.14. The minimum absolute atomic E-state index is 0.345. The second-order valence-corrected chi connectivity index (χ2v) is 4.33. The highest BCUT2D eigenvalue weighted by Crippen LogP contribution is 2.24. The molecule has 0 saturated carbocycles. The molecule has 1 amide bonds. The van der Waals surface area contributed by atoms with Crippen molar-refractivity contribution < 1.29 is 9.18 Å². The molecule has 0 unspecified atom stereocenters. The van der Waals surface area contributed by atoms with Crippen LogP contribution in [-0.2, 0) is 0 Å². The largest absolute Gasteiger partial charge is 0.398 e. The molecule has 2 rings (SSSR count). The lowest BCUT2D eigenvalue weighted by molar-refractivity contribution is 0.102. The Bertz CT molecular complexity index is 586. The normalized spacial score (nSPS) is 10.1. The molecule has 4 nitrogen and oxygen atoms in total. The smallest absolute Gasteiger partial charge is 0.256 e. The van der Waals surface area contributed by atoms with Crippen LogP contribution in [0.1, 0.15) is 10.4 Å². The number of pyridine rings is 1. The quantitative estimate of drug-likeness (QED) is 0.662. The summed E-state index contributed by atoms with van der Waals surface area (Å²) in [5.74, 6) is -0.944. The van der Waals surface area contributed by atoms with Gasteiger partial charge in [-0.15, -0.1) is 0 Å². The molecule has 18 heavy (non-hydrogen) atoms. The molecule has 1 aromatic heterocycles. The molecule has 0 spiro atoms. The number of aromatic nitrogens is 1. The first kappa shape index (κ1) is 12.5. The zero-order valence-electron chi connectivity index (χ0n) is 9.15. The maximum atomic E-state index is 12.6. The summed E-state index contributed by atoms with van der Waals surface area (Å²) in [4.78, 5) is 15.4. The van der Waals surface area contributed by atoms with Crippen LogP contribution in [0, 0.1) is 5.95 Å². The lowest BCUT2D eigenvalue weighted by Crippen LogP contribution is -2.13. The molecule has 0 bridgehead atoms. The van der Waals surface area contributed by atoms with Crippen molar-refractivity contribution in [3.63, 3.8) is 0 Å². The van der Waals surface area contributed by atoms with Gasteiger partial charge in [0.15, 0.2) is 0 Å². The van der Waals surface area contributed by atoms with Crippen molar-refractivity contribution in [2.24, 2.45) is 0 Å². The zero-order chi connectivity index (χ0) is 13.1. The van der Waals surface area contributed by atoms with Crippen LogP contribution in [0.15, 0.2) is 41.0 Å². The molecule has 0 fully saturated rings. The van der Waals surface area contributed by atoms with Gasteiger partial charge in [0.05, 0.1) is 21.9 Å². The predicted molar refractivity (Wildman–Crippen MR) is 70.7 cm³/mol. The number of nitrogens with two attached hydrogens (primary N) is 1. The van der Waals surface area contributed by atoms with E-state index in [0.29, 0.717) is 21.4 Å². The van der Waals surface area contributed by atoms with Crippen LogP contribution in [0.2, 0.25) is 0 Å². The Labute approximate surface area is 111 Å². The Morgan fingerprint density at radius 3 is 2.78 bits per heavy atom. The van der Waals surface area contributed by atoms with Gasteiger partial charge in [-0.05, 0) is 40.2 Å². The van der Waals surface area contributed by atoms with Crippen LogP contribution in [0.3, 0.4) is 0 Å². The zero-order valence-corrected chi connectivity index (χ0v) is 10.7. The number of nitrogens with zero attached hydrogens (tertiary/aromatic N) is 1. The molecule has 2 aromatic rings. The van der Waals surface area contributed by atoms with Crippen LogP contribution in [0.25, 0.3) is 0 Å². The first-order chi connectivity index (χ1) is 8.58. The lowest BCUT2D eigenvalue weighted by atomic mass is 10.2. The summed E-state index contributed by atoms with van der Waals surface area (Å²) < 4.78 is 13.1. The van der Waals surface area contributed by atoms with Crippen molar-refractivity contribution in [3.8, 4) is 0 Å². The van der Waals surface area contributed by atoms with Gasteiger partial charge < -0.3 is 11.1 Å². The third-order valence-electron chi connectivity index (χ3n) is 2.26. The Morgan fingerprint density at radius 1 is 1.33 bits per heavy atom. The van der Waals surface area contributed by atoms with Crippen molar-refractivity contribution in [2.45, 2.75) is 0 Å². The molecule has 3 N–H and O–H groups in total. The Balaban J connectivity index is 2.22. The van der Waals surface area contributed by atoms with Gasteiger partial charge in [-0.1, -0.05) is 6.07 Å². The van der Waals surface area contributed by atoms with Gasteiger partial charge in [-0.25, -0.2) is 4.98 Å². The van der Waals surface area contributed by atoms with E-state index in [1.165, 1.54) is 18.3 Å². The van der Waals surface area contributed by atoms with E-state index in [0.717, 1.165) is 0 Å². The molecular weight excluding hydrogens is 301 g/mol. The fourth-order valence-corrected chi connectivity index (χ4v) is 1.82. The average Bonchev–Trinajstić information content (AvgIpc) is 2.35. The van der Waals surface area contributed by atoms with Gasteiger partial charge in [0, 0.05) is 5.69 Å². The van der Waals surface area contributed by atoms with Crippen molar-refractivity contribution in [3.05, 3.63) is 52.5 Å². The summed E-state index contributed by atoms with van der Waals surface area (Å²) in [5, 5.41) is 2.60. The van der Waals surface area contributed by atoms with Gasteiger partial charge in [0.25, 0.3) is 5.91 Å². The first-order valence-electron chi connectivity index (χ1n) is 5.05. The lowest BCUT2D eigenvalue weighted by Gasteiger charge is -2.07. The molecule has 0 aliphatic heterocycles. The minimum Gasteiger partial charge on any atom is -0.398 e. The summed E-state index contributed by atoms with van der Waals surface area (Å²) in [6.45, 7) is 0. The monoisotopic (exact) mass is 309 g/mol. The number of rotatable bonds is 2. The van der Waals surface area contributed by atoms with Gasteiger partial charge in [-0.2, -0.15) is 4.39 Å². The fraction of sp³-hybridized carbons (Fsp3) is 0. The number of carbonyl (C=O) groups is 1. The van der Waals surface area contributed by atoms with Crippen molar-refractivity contribution in [1.29, 1.82) is 0 Å². The molecular formula is C12H9BrFN3O. The van der Waals surface area contributed by atoms with Crippen LogP contribution < -0.4 is 11.1 Å². The van der Waals surface area contributed by atoms with Crippen LogP contribution in [0.5, 0.6) is 0 Å². The van der Waals surface area contributed by atoms with Crippen molar-refractivity contribution >= 4 is 33.2 Å². The van der Waals surface area contributed by atoms with Gasteiger partial charge in [0.2, 0.25) is 5.95 Å². The third-order valence-corrected chi connectivity index (χ3v) is 3.14. The molecule has 0 aliphatic carbocycles. The highest BCUT2D eigenvalue weighted by Gasteiger charge is 2.11. The van der Waals surface area contributed by atoms with E-state index >= 15 is 0 Å². The van der Waals surface area contributed by atoms with Crippen molar-refractivity contribution in [1.82, 2.24) is 4.98 Å². The molecule has 92 valence electrons. The second-order valence-electron chi connectivity index (χ2n) is 3.53. The number of halogens is 2. The number of amides is 1. The Morgan fingerprint density at radius 2 is 2.11 bits per heavy atom. The number of benzene rings is 1. The number of nitrogens with one attached hydrogen (secondary N) is 1. The number of nitrogen functional groups attached to an aromatic ring is 1. The minimum atomic E-state index is -0.599. The Hall–Kier alpha value is -1.95. The number of anilines is 2. The van der Waals surface area contributed by atoms with Crippen LogP contribution in [0.4, 0.5) is 15.8 Å². The van der Waals surface area contributed by atoms with E-state index in [1.54, 1.807) is 18.2 Å². The summed E-state index contributed by atoms with van der Waals surface area (Å²) >= 11 is 3.24. The maximum Gasteiger partial charge on any atom is 0.256 e. The molecule has 0 saturated heterocycles. The van der Waals surface area contributed by atoms with E-state index in [9.17, 15) is 9.18 Å². The standard InChI is InChI=1S/C12H9BrFN3O/c13-11-8(2-1-3-9(11)15)12(18)17-7-4-5-10(14)16-6-7/h1-6H,15H2,(H,17,18). The number of carbonyl (C=O) groups excluding carboxylic acids is 1. The summed E-state index contributed by atoms with van der Waals surface area (Å²) in [6.07, 6.45) is 1.24. The molecule has 0 radical (unpaired) electrons. The van der Waals surface area contributed by atoms with E-state index in [4.69, 9.17) is 5.73 Å². The molecule has 1 aromatic carbocycles. The number of hydrogen-bond donors (Lipinski definition) is 2. The van der Waals surface area contributed by atoms with Gasteiger partial charge in [-0.3, -0.25) is 4.79 Å². The first-order valence-corrected chi connectivity index (χ1v) is 5.84. The van der Waals surface area contributed by atoms with E-state index in [1.807, 2.05) is 0 Å². The Kier molecular flexibility index (Phi) is 3.57. The molecule has 0 aliphatic rings. The molecule has 6 heteroatoms. The van der Waals surface area contributed by atoms with Crippen LogP contribution >= 0.6 is 15.9 Å². The van der Waals surface area contributed by atoms with Gasteiger partial charge in [0.1, 0.15) is 0 Å². The topological polar surface area (TPSA) is 68.0 Å².